The van der Waals surface area contributed by atoms with Gasteiger partial charge in [0.1, 0.15) is 5.75 Å². The molecule has 0 saturated carbocycles. The smallest absolute Gasteiger partial charge is 0.220 e. The molecule has 1 aliphatic rings. The summed E-state index contributed by atoms with van der Waals surface area (Å²) >= 11 is 2.48. The van der Waals surface area contributed by atoms with E-state index in [-0.39, 0.29) is 10.2 Å². The number of hydrogen-bond acceptors (Lipinski definition) is 5. The van der Waals surface area contributed by atoms with Gasteiger partial charge in [-0.2, -0.15) is 0 Å². The number of benzene rings is 2. The molecule has 0 aliphatic carbocycles. The third-order valence-electron chi connectivity index (χ3n) is 3.74. The zero-order valence-electron chi connectivity index (χ0n) is 13.4. The van der Waals surface area contributed by atoms with E-state index < -0.39 is 0 Å². The van der Waals surface area contributed by atoms with Crippen molar-refractivity contribution >= 4 is 33.8 Å². The van der Waals surface area contributed by atoms with E-state index in [9.17, 15) is 9.59 Å². The number of carbonyl (C=O) groups excluding carboxylic acids is 2. The van der Waals surface area contributed by atoms with Crippen LogP contribution in [0.3, 0.4) is 0 Å². The predicted octanol–water partition coefficient (Wildman–Crippen LogP) is 4.94. The van der Waals surface area contributed by atoms with Crippen LogP contribution in [0.15, 0.2) is 42.5 Å². The monoisotopic (exact) mass is 358 g/mol. The van der Waals surface area contributed by atoms with Gasteiger partial charge in [-0.25, -0.2) is 0 Å². The first-order valence-electron chi connectivity index (χ1n) is 7.87. The van der Waals surface area contributed by atoms with E-state index in [1.165, 1.54) is 23.5 Å². The summed E-state index contributed by atoms with van der Waals surface area (Å²) in [6.07, 6.45) is 0.950. The fraction of sp³-hybridized carbons (Fsp3) is 0.263. The van der Waals surface area contributed by atoms with Gasteiger partial charge in [-0.05, 0) is 41.8 Å². The first-order valence-corrected chi connectivity index (χ1v) is 9.84. The number of carbonyl (C=O) groups is 2. The molecule has 0 bridgehead atoms. The third kappa shape index (κ3) is 3.84. The van der Waals surface area contributed by atoms with Crippen LogP contribution in [0, 0.1) is 0 Å². The molecule has 5 heteroatoms. The molecule has 0 fully saturated rings. The Morgan fingerprint density at radius 2 is 1.54 bits per heavy atom. The van der Waals surface area contributed by atoms with Crippen LogP contribution in [0.4, 0.5) is 0 Å². The van der Waals surface area contributed by atoms with Gasteiger partial charge in [-0.3, -0.25) is 9.59 Å². The Morgan fingerprint density at radius 1 is 0.917 bits per heavy atom. The van der Waals surface area contributed by atoms with Crippen molar-refractivity contribution in [1.82, 2.24) is 0 Å². The molecule has 2 aromatic carbocycles. The van der Waals surface area contributed by atoms with E-state index in [1.54, 1.807) is 24.3 Å². The summed E-state index contributed by atoms with van der Waals surface area (Å²) in [5, 5.41) is -0.119. The van der Waals surface area contributed by atoms with E-state index in [1.807, 2.05) is 18.2 Å². The third-order valence-corrected chi connectivity index (χ3v) is 5.61. The lowest BCUT2D eigenvalue weighted by atomic mass is 10.1. The van der Waals surface area contributed by atoms with Crippen LogP contribution in [0.2, 0.25) is 0 Å². The Kier molecular flexibility index (Phi) is 5.63. The van der Waals surface area contributed by atoms with Crippen LogP contribution in [-0.4, -0.2) is 16.8 Å². The van der Waals surface area contributed by atoms with Gasteiger partial charge < -0.3 is 4.74 Å². The van der Waals surface area contributed by atoms with Crippen molar-refractivity contribution in [3.8, 4) is 5.75 Å². The van der Waals surface area contributed by atoms with E-state index in [0.717, 1.165) is 23.3 Å². The van der Waals surface area contributed by atoms with E-state index >= 15 is 0 Å². The molecule has 0 saturated heterocycles. The maximum Gasteiger partial charge on any atom is 0.220 e. The van der Waals surface area contributed by atoms with Crippen molar-refractivity contribution in [1.29, 1.82) is 0 Å². The molecule has 2 aromatic rings. The lowest BCUT2D eigenvalue weighted by Gasteiger charge is -2.15. The molecule has 1 heterocycles. The van der Waals surface area contributed by atoms with Crippen LogP contribution < -0.4 is 4.74 Å². The average molecular weight is 358 g/mol. The summed E-state index contributed by atoms with van der Waals surface area (Å²) < 4.78 is 5.69. The molecule has 0 N–H and O–H groups in total. The van der Waals surface area contributed by atoms with Crippen molar-refractivity contribution in [2.45, 2.75) is 24.9 Å². The lowest BCUT2D eigenvalue weighted by molar-refractivity contribution is 0.105. The molecule has 0 radical (unpaired) electrons. The Labute approximate surface area is 150 Å². The summed E-state index contributed by atoms with van der Waals surface area (Å²) in [6.45, 7) is 2.74. The first kappa shape index (κ1) is 17.1. The number of rotatable bonds is 3. The second kappa shape index (κ2) is 7.90. The molecule has 124 valence electrons. The molecule has 3 nitrogen and oxygen atoms in total. The van der Waals surface area contributed by atoms with E-state index in [4.69, 9.17) is 4.74 Å². The van der Waals surface area contributed by atoms with E-state index in [0.29, 0.717) is 29.2 Å². The van der Waals surface area contributed by atoms with Crippen molar-refractivity contribution in [3.63, 3.8) is 0 Å². The second-order valence-electron chi connectivity index (χ2n) is 5.48. The first-order chi connectivity index (χ1) is 11.7. The Hall–Kier alpha value is -1.72. The Bertz CT molecular complexity index is 771. The highest BCUT2D eigenvalue weighted by molar-refractivity contribution is 8.14. The van der Waals surface area contributed by atoms with Gasteiger partial charge in [-0.1, -0.05) is 48.6 Å². The molecule has 3 rings (SSSR count). The molecule has 0 aromatic heterocycles. The predicted molar refractivity (Wildman–Crippen MR) is 99.9 cm³/mol. The Morgan fingerprint density at radius 3 is 2.17 bits per heavy atom. The standard InChI is InChI=1S/C19H18O3S2/c1-2-9-22-15-8-7-13-11-23-18(20)16-5-3-4-6-17(16)19(21)24-12-14(13)10-15/h3-8,10H,2,9,11-12H2,1H3. The van der Waals surface area contributed by atoms with Crippen LogP contribution in [0.1, 0.15) is 45.2 Å². The van der Waals surface area contributed by atoms with Gasteiger partial charge in [0.15, 0.2) is 0 Å². The number of ether oxygens (including phenoxy) is 1. The molecule has 0 spiro atoms. The molecular formula is C19H18O3S2. The highest BCUT2D eigenvalue weighted by Crippen LogP contribution is 2.31. The largest absolute Gasteiger partial charge is 0.494 e. The van der Waals surface area contributed by atoms with E-state index in [2.05, 4.69) is 6.92 Å². The van der Waals surface area contributed by atoms with Gasteiger partial charge in [0, 0.05) is 22.6 Å². The topological polar surface area (TPSA) is 43.4 Å². The summed E-state index contributed by atoms with van der Waals surface area (Å²) in [4.78, 5) is 25.0. The second-order valence-corrected chi connectivity index (χ2v) is 7.37. The van der Waals surface area contributed by atoms with Gasteiger partial charge >= 0.3 is 0 Å². The number of fused-ring (bicyclic) bond motifs is 2. The SMILES string of the molecule is CCCOc1ccc2c(c1)CSC(=O)c1ccccc1C(=O)SC2. The summed E-state index contributed by atoms with van der Waals surface area (Å²) in [7, 11) is 0. The lowest BCUT2D eigenvalue weighted by Crippen LogP contribution is -2.07. The van der Waals surface area contributed by atoms with Crippen molar-refractivity contribution in [2.24, 2.45) is 0 Å². The minimum absolute atomic E-state index is 0.0568. The fourth-order valence-electron chi connectivity index (χ4n) is 2.47. The molecular weight excluding hydrogens is 340 g/mol. The van der Waals surface area contributed by atoms with Gasteiger partial charge in [0.05, 0.1) is 6.61 Å². The van der Waals surface area contributed by atoms with Crippen LogP contribution in [-0.2, 0) is 11.5 Å². The molecule has 0 unspecified atom stereocenters. The molecule has 24 heavy (non-hydrogen) atoms. The van der Waals surface area contributed by atoms with Gasteiger partial charge in [0.2, 0.25) is 10.2 Å². The van der Waals surface area contributed by atoms with Crippen LogP contribution >= 0.6 is 23.5 Å². The van der Waals surface area contributed by atoms with Crippen molar-refractivity contribution < 1.29 is 14.3 Å². The van der Waals surface area contributed by atoms with Gasteiger partial charge in [0.25, 0.3) is 0 Å². The summed E-state index contributed by atoms with van der Waals surface area (Å²) in [5.41, 5.74) is 3.15. The van der Waals surface area contributed by atoms with Crippen molar-refractivity contribution in [3.05, 3.63) is 64.7 Å². The normalized spacial score (nSPS) is 14.7. The average Bonchev–Trinajstić information content (AvgIpc) is 2.62. The van der Waals surface area contributed by atoms with Crippen LogP contribution in [0.25, 0.3) is 0 Å². The quantitative estimate of drug-likeness (QED) is 0.778. The molecule has 0 amide bonds. The molecule has 0 atom stereocenters. The van der Waals surface area contributed by atoms with Gasteiger partial charge in [-0.15, -0.1) is 0 Å². The Balaban J connectivity index is 1.90. The van der Waals surface area contributed by atoms with Crippen molar-refractivity contribution in [2.75, 3.05) is 6.61 Å². The highest BCUT2D eigenvalue weighted by Gasteiger charge is 2.20. The summed E-state index contributed by atoms with van der Waals surface area (Å²) in [6, 6.07) is 13.0. The highest BCUT2D eigenvalue weighted by atomic mass is 32.2. The van der Waals surface area contributed by atoms with Crippen LogP contribution in [0.5, 0.6) is 5.75 Å². The minimum atomic E-state index is -0.0627. The maximum absolute atomic E-state index is 12.5. The zero-order chi connectivity index (χ0) is 16.9. The number of thioether (sulfide) groups is 2. The zero-order valence-corrected chi connectivity index (χ0v) is 15.0. The minimum Gasteiger partial charge on any atom is -0.494 e. The summed E-state index contributed by atoms with van der Waals surface area (Å²) in [5.74, 6) is 2.00. The maximum atomic E-state index is 12.5. The fourth-order valence-corrected chi connectivity index (χ4v) is 4.26. The molecule has 1 aliphatic heterocycles. The number of hydrogen-bond donors (Lipinski definition) is 0.